The molecule has 0 N–H and O–H groups in total. The summed E-state index contributed by atoms with van der Waals surface area (Å²) in [5.74, 6) is 0.00611. The minimum atomic E-state index is -0.0299. The summed E-state index contributed by atoms with van der Waals surface area (Å²) < 4.78 is 5.23. The third kappa shape index (κ3) is 4.18. The Morgan fingerprint density at radius 2 is 1.82 bits per heavy atom. The van der Waals surface area contributed by atoms with Gasteiger partial charge >= 0.3 is 5.97 Å². The zero-order valence-corrected chi connectivity index (χ0v) is 17.2. The predicted octanol–water partition coefficient (Wildman–Crippen LogP) is 5.25. The van der Waals surface area contributed by atoms with Crippen LogP contribution in [0.3, 0.4) is 0 Å². The zero-order chi connectivity index (χ0) is 19.3. The molecule has 0 spiro atoms. The second-order valence-corrected chi connectivity index (χ2v) is 8.48. The Kier molecular flexibility index (Phi) is 6.18. The van der Waals surface area contributed by atoms with Crippen LogP contribution in [0.5, 0.6) is 0 Å². The van der Waals surface area contributed by atoms with Crippen molar-refractivity contribution in [2.24, 2.45) is 5.92 Å². The molecule has 2 heterocycles. The van der Waals surface area contributed by atoms with Gasteiger partial charge in [0.25, 0.3) is 0 Å². The zero-order valence-electron chi connectivity index (χ0n) is 16.4. The minimum Gasteiger partial charge on any atom is -0.466 e. The molecule has 1 fully saturated rings. The molecule has 2 aliphatic heterocycles. The number of piperidine rings is 1. The Morgan fingerprint density at radius 1 is 1.14 bits per heavy atom. The molecule has 0 saturated carbocycles. The number of carbonyl (C=O) groups is 1. The number of hydrogen-bond donors (Lipinski definition) is 0. The standard InChI is InChI=1S/C24H27NO2S/c1-2-27-24(26)18-9-7-15-25(17-18)16-8-12-19-20-10-3-5-13-22(20)28-23-14-6-4-11-21(19)23/h3-6,10-14,18H,2,7-9,15-17H2,1H3. The van der Waals surface area contributed by atoms with Gasteiger partial charge in [0.2, 0.25) is 0 Å². The number of carbonyl (C=O) groups excluding carboxylic acids is 1. The molecule has 2 aromatic rings. The highest BCUT2D eigenvalue weighted by Gasteiger charge is 2.26. The summed E-state index contributed by atoms with van der Waals surface area (Å²) in [6.45, 7) is 5.23. The van der Waals surface area contributed by atoms with Gasteiger partial charge in [0, 0.05) is 22.9 Å². The summed E-state index contributed by atoms with van der Waals surface area (Å²) in [5.41, 5.74) is 3.99. The van der Waals surface area contributed by atoms with E-state index in [1.807, 2.05) is 18.7 Å². The van der Waals surface area contributed by atoms with Crippen LogP contribution in [0.2, 0.25) is 0 Å². The Labute approximate surface area is 171 Å². The van der Waals surface area contributed by atoms with Gasteiger partial charge in [-0.05, 0) is 61.6 Å². The van der Waals surface area contributed by atoms with Gasteiger partial charge in [0.15, 0.2) is 0 Å². The van der Waals surface area contributed by atoms with Crippen molar-refractivity contribution in [3.8, 4) is 0 Å². The van der Waals surface area contributed by atoms with Crippen LogP contribution in [0.4, 0.5) is 0 Å². The average molecular weight is 394 g/mol. The Morgan fingerprint density at radius 3 is 2.50 bits per heavy atom. The average Bonchev–Trinajstić information content (AvgIpc) is 2.73. The molecular weight excluding hydrogens is 366 g/mol. The highest BCUT2D eigenvalue weighted by Crippen LogP contribution is 2.45. The third-order valence-electron chi connectivity index (χ3n) is 5.49. The Hall–Kier alpha value is -2.04. The molecule has 146 valence electrons. The molecule has 0 aliphatic carbocycles. The van der Waals surface area contributed by atoms with Crippen LogP contribution in [0, 0.1) is 5.92 Å². The number of nitrogens with zero attached hydrogens (tertiary/aromatic N) is 1. The number of fused-ring (bicyclic) bond motifs is 2. The van der Waals surface area contributed by atoms with Crippen LogP contribution in [-0.2, 0) is 9.53 Å². The van der Waals surface area contributed by atoms with E-state index in [9.17, 15) is 4.79 Å². The Bertz CT molecular complexity index is 829. The van der Waals surface area contributed by atoms with E-state index in [-0.39, 0.29) is 11.9 Å². The SMILES string of the molecule is CCOC(=O)C1CCCN(CCC=C2c3ccccc3Sc3ccccc32)C1. The fraction of sp³-hybridized carbons (Fsp3) is 0.375. The fourth-order valence-corrected chi connectivity index (χ4v) is 5.25. The smallest absolute Gasteiger partial charge is 0.310 e. The largest absolute Gasteiger partial charge is 0.466 e. The summed E-state index contributed by atoms with van der Waals surface area (Å²) in [6.07, 6.45) is 5.39. The molecule has 4 rings (SSSR count). The van der Waals surface area contributed by atoms with Gasteiger partial charge in [-0.25, -0.2) is 0 Å². The van der Waals surface area contributed by atoms with Gasteiger partial charge < -0.3 is 9.64 Å². The number of ether oxygens (including phenoxy) is 1. The van der Waals surface area contributed by atoms with Gasteiger partial charge in [0.1, 0.15) is 0 Å². The van der Waals surface area contributed by atoms with Gasteiger partial charge in [-0.15, -0.1) is 0 Å². The lowest BCUT2D eigenvalue weighted by molar-refractivity contribution is -0.149. The van der Waals surface area contributed by atoms with Crippen molar-refractivity contribution in [2.75, 3.05) is 26.2 Å². The highest BCUT2D eigenvalue weighted by atomic mass is 32.2. The van der Waals surface area contributed by atoms with Crippen LogP contribution in [0.25, 0.3) is 5.57 Å². The maximum atomic E-state index is 12.1. The molecule has 1 saturated heterocycles. The maximum absolute atomic E-state index is 12.1. The highest BCUT2D eigenvalue weighted by molar-refractivity contribution is 7.99. The van der Waals surface area contributed by atoms with Gasteiger partial charge in [0.05, 0.1) is 12.5 Å². The second-order valence-electron chi connectivity index (χ2n) is 7.39. The van der Waals surface area contributed by atoms with Crippen LogP contribution in [-0.4, -0.2) is 37.1 Å². The number of esters is 1. The van der Waals surface area contributed by atoms with Crippen molar-refractivity contribution in [3.63, 3.8) is 0 Å². The van der Waals surface area contributed by atoms with E-state index in [1.165, 1.54) is 26.5 Å². The third-order valence-corrected chi connectivity index (χ3v) is 6.65. The molecule has 0 bridgehead atoms. The summed E-state index contributed by atoms with van der Waals surface area (Å²) in [7, 11) is 0. The summed E-state index contributed by atoms with van der Waals surface area (Å²) in [6, 6.07) is 17.3. The van der Waals surface area contributed by atoms with Crippen LogP contribution < -0.4 is 0 Å². The lowest BCUT2D eigenvalue weighted by Gasteiger charge is -2.31. The Balaban J connectivity index is 1.47. The van der Waals surface area contributed by atoms with Crippen molar-refractivity contribution in [1.29, 1.82) is 0 Å². The monoisotopic (exact) mass is 393 g/mol. The molecule has 28 heavy (non-hydrogen) atoms. The molecule has 2 aliphatic rings. The van der Waals surface area contributed by atoms with Gasteiger partial charge in [-0.1, -0.05) is 54.2 Å². The molecule has 0 amide bonds. The first-order valence-corrected chi connectivity index (χ1v) is 11.0. The van der Waals surface area contributed by atoms with E-state index in [1.54, 1.807) is 0 Å². The first-order chi connectivity index (χ1) is 13.8. The molecule has 2 aromatic carbocycles. The first kappa shape index (κ1) is 19.3. The number of rotatable bonds is 5. The van der Waals surface area contributed by atoms with Crippen molar-refractivity contribution < 1.29 is 9.53 Å². The normalized spacial score (nSPS) is 18.9. The quantitative estimate of drug-likeness (QED) is 0.554. The van der Waals surface area contributed by atoms with E-state index in [4.69, 9.17) is 4.74 Å². The number of benzene rings is 2. The van der Waals surface area contributed by atoms with Gasteiger partial charge in [-0.2, -0.15) is 0 Å². The predicted molar refractivity (Wildman–Crippen MR) is 115 cm³/mol. The lowest BCUT2D eigenvalue weighted by atomic mass is 9.95. The molecule has 1 atom stereocenters. The molecule has 4 heteroatoms. The lowest BCUT2D eigenvalue weighted by Crippen LogP contribution is -2.39. The first-order valence-electron chi connectivity index (χ1n) is 10.2. The number of hydrogen-bond acceptors (Lipinski definition) is 4. The van der Waals surface area contributed by atoms with Crippen molar-refractivity contribution in [2.45, 2.75) is 36.0 Å². The van der Waals surface area contributed by atoms with E-state index < -0.39 is 0 Å². The summed E-state index contributed by atoms with van der Waals surface area (Å²) in [4.78, 5) is 17.1. The van der Waals surface area contributed by atoms with Gasteiger partial charge in [-0.3, -0.25) is 4.79 Å². The van der Waals surface area contributed by atoms with Crippen LogP contribution in [0.1, 0.15) is 37.3 Å². The molecular formula is C24H27NO2S. The molecule has 0 aromatic heterocycles. The second kappa shape index (κ2) is 8.97. The van der Waals surface area contributed by atoms with Crippen LogP contribution in [0.15, 0.2) is 64.4 Å². The summed E-state index contributed by atoms with van der Waals surface area (Å²) in [5, 5.41) is 0. The number of likely N-dealkylation sites (tertiary alicyclic amines) is 1. The molecule has 0 radical (unpaired) electrons. The van der Waals surface area contributed by atoms with E-state index >= 15 is 0 Å². The van der Waals surface area contributed by atoms with Crippen molar-refractivity contribution in [3.05, 3.63) is 65.7 Å². The minimum absolute atomic E-state index is 0.0299. The topological polar surface area (TPSA) is 29.5 Å². The van der Waals surface area contributed by atoms with Crippen LogP contribution >= 0.6 is 11.8 Å². The van der Waals surface area contributed by atoms with Crippen molar-refractivity contribution >= 4 is 23.3 Å². The molecule has 3 nitrogen and oxygen atoms in total. The maximum Gasteiger partial charge on any atom is 0.310 e. The van der Waals surface area contributed by atoms with E-state index in [0.29, 0.717) is 6.61 Å². The summed E-state index contributed by atoms with van der Waals surface area (Å²) >= 11 is 1.85. The molecule has 1 unspecified atom stereocenters. The van der Waals surface area contributed by atoms with E-state index in [2.05, 4.69) is 59.5 Å². The van der Waals surface area contributed by atoms with Crippen molar-refractivity contribution in [1.82, 2.24) is 4.90 Å². The fourth-order valence-electron chi connectivity index (χ4n) is 4.14. The van der Waals surface area contributed by atoms with E-state index in [0.717, 1.165) is 38.9 Å².